The molecule has 130 valence electrons. The van der Waals surface area contributed by atoms with Gasteiger partial charge in [0, 0.05) is 11.8 Å². The summed E-state index contributed by atoms with van der Waals surface area (Å²) in [4.78, 5) is 4.61. The predicted molar refractivity (Wildman–Crippen MR) is 108 cm³/mol. The van der Waals surface area contributed by atoms with E-state index in [1.807, 2.05) is 41.1 Å². The van der Waals surface area contributed by atoms with Gasteiger partial charge in [0.15, 0.2) is 4.77 Å². The van der Waals surface area contributed by atoms with Gasteiger partial charge < -0.3 is 0 Å². The number of H-pyrrole nitrogens is 1. The predicted octanol–water partition coefficient (Wildman–Crippen LogP) is 4.91. The number of benzene rings is 2. The van der Waals surface area contributed by atoms with Crippen LogP contribution >= 0.6 is 12.2 Å². The lowest BCUT2D eigenvalue weighted by atomic mass is 10.1. The number of nitrogens with zero attached hydrogens (tertiary/aromatic N) is 4. The molecule has 5 nitrogen and oxygen atoms in total. The molecule has 5 aromatic rings. The van der Waals surface area contributed by atoms with Crippen molar-refractivity contribution in [2.45, 2.75) is 0 Å². The molecule has 0 aliphatic carbocycles. The van der Waals surface area contributed by atoms with Crippen LogP contribution < -0.4 is 0 Å². The Hall–Kier alpha value is -3.51. The molecular weight excluding hydrogens is 354 g/mol. The van der Waals surface area contributed by atoms with E-state index in [0.29, 0.717) is 4.77 Å². The van der Waals surface area contributed by atoms with Crippen molar-refractivity contribution in [3.8, 4) is 28.1 Å². The number of hydrogen-bond acceptors (Lipinski definition) is 3. The fourth-order valence-corrected chi connectivity index (χ4v) is 3.46. The summed E-state index contributed by atoms with van der Waals surface area (Å²) in [6.45, 7) is 0. The van der Waals surface area contributed by atoms with Crippen LogP contribution in [0.2, 0.25) is 0 Å². The normalized spacial score (nSPS) is 11.1. The summed E-state index contributed by atoms with van der Waals surface area (Å²) in [6.07, 6.45) is 5.65. The van der Waals surface area contributed by atoms with Crippen molar-refractivity contribution in [2.75, 3.05) is 0 Å². The topological polar surface area (TPSA) is 50.9 Å². The number of imidazole rings is 1. The van der Waals surface area contributed by atoms with Crippen LogP contribution in [0.15, 0.2) is 85.5 Å². The summed E-state index contributed by atoms with van der Waals surface area (Å²) in [7, 11) is 0. The fourth-order valence-electron chi connectivity index (χ4n) is 3.25. The van der Waals surface area contributed by atoms with Gasteiger partial charge >= 0.3 is 0 Å². The Morgan fingerprint density at radius 1 is 0.852 bits per heavy atom. The summed E-state index contributed by atoms with van der Waals surface area (Å²) in [5.41, 5.74) is 6.30. The molecule has 0 saturated heterocycles. The monoisotopic (exact) mass is 369 g/mol. The fraction of sp³-hybridized carbons (Fsp3) is 0. The Morgan fingerprint density at radius 2 is 1.70 bits per heavy atom. The van der Waals surface area contributed by atoms with Gasteiger partial charge in [0.25, 0.3) is 0 Å². The maximum atomic E-state index is 5.28. The van der Waals surface area contributed by atoms with Gasteiger partial charge in [0.05, 0.1) is 17.6 Å². The van der Waals surface area contributed by atoms with Gasteiger partial charge in [-0.3, -0.25) is 14.1 Å². The molecule has 0 fully saturated rings. The van der Waals surface area contributed by atoms with Crippen molar-refractivity contribution in [1.82, 2.24) is 24.1 Å². The molecule has 0 saturated carbocycles. The van der Waals surface area contributed by atoms with Crippen molar-refractivity contribution in [3.63, 3.8) is 0 Å². The molecule has 0 aliphatic heterocycles. The van der Waals surface area contributed by atoms with E-state index in [2.05, 4.69) is 62.2 Å². The highest BCUT2D eigenvalue weighted by atomic mass is 32.1. The van der Waals surface area contributed by atoms with Crippen LogP contribution in [0.25, 0.3) is 33.7 Å². The highest BCUT2D eigenvalue weighted by molar-refractivity contribution is 7.71. The zero-order valence-corrected chi connectivity index (χ0v) is 15.1. The van der Waals surface area contributed by atoms with Crippen molar-refractivity contribution >= 4 is 17.9 Å². The second kappa shape index (κ2) is 6.34. The lowest BCUT2D eigenvalue weighted by Crippen LogP contribution is -1.94. The van der Waals surface area contributed by atoms with Crippen molar-refractivity contribution in [2.24, 2.45) is 0 Å². The van der Waals surface area contributed by atoms with Gasteiger partial charge in [-0.15, -0.1) is 0 Å². The number of rotatable bonds is 3. The molecule has 2 aromatic carbocycles. The number of aromatic amines is 1. The minimum atomic E-state index is 0.567. The van der Waals surface area contributed by atoms with Gasteiger partial charge in [0.2, 0.25) is 0 Å². The number of fused-ring (bicyclic) bond motifs is 1. The Morgan fingerprint density at radius 3 is 2.52 bits per heavy atom. The molecule has 3 aromatic heterocycles. The lowest BCUT2D eigenvalue weighted by Gasteiger charge is -2.07. The van der Waals surface area contributed by atoms with Gasteiger partial charge in [-0.25, -0.2) is 4.98 Å². The Labute approximate surface area is 160 Å². The smallest absolute Gasteiger partial charge is 0.199 e. The van der Waals surface area contributed by atoms with E-state index in [9.17, 15) is 0 Å². The zero-order chi connectivity index (χ0) is 18.2. The molecule has 0 amide bonds. The minimum absolute atomic E-state index is 0.567. The van der Waals surface area contributed by atoms with Crippen LogP contribution in [0, 0.1) is 4.77 Å². The molecular formula is C21H15N5S. The molecule has 0 aliphatic rings. The number of aromatic nitrogens is 5. The standard InChI is InChI=1S/C21H15N5S/c27-21-24-23-14-26(21)18-8-4-7-17(11-18)19-13-22-20-12-16(9-10-25(19)20)15-5-2-1-3-6-15/h1-14H,(H,24,27). The maximum absolute atomic E-state index is 5.28. The van der Waals surface area contributed by atoms with E-state index >= 15 is 0 Å². The first-order chi connectivity index (χ1) is 13.3. The van der Waals surface area contributed by atoms with E-state index in [-0.39, 0.29) is 0 Å². The van der Waals surface area contributed by atoms with Crippen molar-refractivity contribution in [3.05, 3.63) is 90.2 Å². The quantitative estimate of drug-likeness (QED) is 0.460. The van der Waals surface area contributed by atoms with Crippen LogP contribution in [0.1, 0.15) is 0 Å². The van der Waals surface area contributed by atoms with Gasteiger partial charge in [-0.2, -0.15) is 5.10 Å². The van der Waals surface area contributed by atoms with E-state index in [4.69, 9.17) is 12.2 Å². The lowest BCUT2D eigenvalue weighted by molar-refractivity contribution is 1.03. The Balaban J connectivity index is 1.60. The van der Waals surface area contributed by atoms with Crippen LogP contribution in [-0.4, -0.2) is 24.1 Å². The third kappa shape index (κ3) is 2.76. The highest BCUT2D eigenvalue weighted by Crippen LogP contribution is 2.26. The average Bonchev–Trinajstić information content (AvgIpc) is 3.34. The second-order valence-corrected chi connectivity index (χ2v) is 6.62. The largest absolute Gasteiger partial charge is 0.300 e. The summed E-state index contributed by atoms with van der Waals surface area (Å²) >= 11 is 5.28. The molecule has 0 radical (unpaired) electrons. The van der Waals surface area contributed by atoms with Crippen LogP contribution in [0.4, 0.5) is 0 Å². The molecule has 0 atom stereocenters. The number of nitrogens with one attached hydrogen (secondary N) is 1. The highest BCUT2D eigenvalue weighted by Gasteiger charge is 2.09. The third-order valence-electron chi connectivity index (χ3n) is 4.59. The summed E-state index contributed by atoms with van der Waals surface area (Å²) < 4.78 is 4.51. The Kier molecular flexibility index (Phi) is 3.69. The first-order valence-electron chi connectivity index (χ1n) is 8.55. The van der Waals surface area contributed by atoms with E-state index in [1.54, 1.807) is 6.33 Å². The number of pyridine rings is 1. The van der Waals surface area contributed by atoms with Crippen LogP contribution in [0.3, 0.4) is 0 Å². The van der Waals surface area contributed by atoms with Gasteiger partial charge in [-0.05, 0) is 47.6 Å². The summed E-state index contributed by atoms with van der Waals surface area (Å²) in [6, 6.07) is 22.7. The molecule has 0 spiro atoms. The summed E-state index contributed by atoms with van der Waals surface area (Å²) in [5.74, 6) is 0. The Bertz CT molecular complexity index is 1300. The zero-order valence-electron chi connectivity index (χ0n) is 14.3. The molecule has 5 rings (SSSR count). The minimum Gasteiger partial charge on any atom is -0.300 e. The van der Waals surface area contributed by atoms with Crippen LogP contribution in [-0.2, 0) is 0 Å². The van der Waals surface area contributed by atoms with Gasteiger partial charge in [0.1, 0.15) is 12.0 Å². The molecule has 0 unspecified atom stereocenters. The van der Waals surface area contributed by atoms with E-state index in [1.165, 1.54) is 5.56 Å². The molecule has 1 N–H and O–H groups in total. The van der Waals surface area contributed by atoms with Crippen LogP contribution in [0.5, 0.6) is 0 Å². The van der Waals surface area contributed by atoms with Gasteiger partial charge in [-0.1, -0.05) is 42.5 Å². The molecule has 27 heavy (non-hydrogen) atoms. The first-order valence-corrected chi connectivity index (χ1v) is 8.96. The van der Waals surface area contributed by atoms with E-state index < -0.39 is 0 Å². The second-order valence-electron chi connectivity index (χ2n) is 6.23. The first kappa shape index (κ1) is 15.7. The molecule has 0 bridgehead atoms. The third-order valence-corrected chi connectivity index (χ3v) is 4.88. The molecule has 3 heterocycles. The summed E-state index contributed by atoms with van der Waals surface area (Å²) in [5, 5.41) is 6.78. The van der Waals surface area contributed by atoms with Crippen molar-refractivity contribution < 1.29 is 0 Å². The SMILES string of the molecule is S=c1[nH]ncn1-c1cccc(-c2cnc3cc(-c4ccccc4)ccn23)c1. The average molecular weight is 369 g/mol. The van der Waals surface area contributed by atoms with E-state index in [0.717, 1.165) is 28.2 Å². The van der Waals surface area contributed by atoms with Crippen molar-refractivity contribution in [1.29, 1.82) is 0 Å². The maximum Gasteiger partial charge on any atom is 0.199 e. The number of hydrogen-bond donors (Lipinski definition) is 1. The molecule has 6 heteroatoms.